The topological polar surface area (TPSA) is 74.8 Å². The largest absolute Gasteiger partial charge is 0.487 e. The van der Waals surface area contributed by atoms with Crippen LogP contribution in [0.25, 0.3) is 0 Å². The lowest BCUT2D eigenvalue weighted by Gasteiger charge is -2.38. The monoisotopic (exact) mass is 408 g/mol. The lowest BCUT2D eigenvalue weighted by Crippen LogP contribution is -2.45. The molecule has 1 aliphatic rings. The molecule has 6 nitrogen and oxygen atoms in total. The van der Waals surface area contributed by atoms with Crippen LogP contribution in [0, 0.1) is 0 Å². The molecule has 1 amide bonds. The molecular formula is C24H32N4O2. The van der Waals surface area contributed by atoms with E-state index in [9.17, 15) is 4.79 Å². The molecule has 3 rings (SSSR count). The second kappa shape index (κ2) is 9.65. The lowest BCUT2D eigenvalue weighted by molar-refractivity contribution is -0.114. The molecule has 1 atom stereocenters. The zero-order valence-electron chi connectivity index (χ0n) is 18.3. The summed E-state index contributed by atoms with van der Waals surface area (Å²) in [6.45, 7) is 9.28. The maximum absolute atomic E-state index is 11.1. The summed E-state index contributed by atoms with van der Waals surface area (Å²) in [6.07, 6.45) is 1.69. The fraction of sp³-hybridized carbons (Fsp3) is 0.417. The number of benzene rings is 2. The number of fused-ring (bicyclic) bond motifs is 1. The summed E-state index contributed by atoms with van der Waals surface area (Å²) >= 11 is 0. The van der Waals surface area contributed by atoms with Gasteiger partial charge in [0.25, 0.3) is 0 Å². The molecule has 1 heterocycles. The summed E-state index contributed by atoms with van der Waals surface area (Å²) in [4.78, 5) is 15.9. The van der Waals surface area contributed by atoms with Gasteiger partial charge in [-0.1, -0.05) is 30.3 Å². The van der Waals surface area contributed by atoms with Crippen molar-refractivity contribution in [1.29, 1.82) is 0 Å². The Morgan fingerprint density at radius 1 is 1.17 bits per heavy atom. The van der Waals surface area contributed by atoms with Crippen molar-refractivity contribution in [2.24, 2.45) is 4.99 Å². The van der Waals surface area contributed by atoms with Crippen LogP contribution in [-0.4, -0.2) is 30.6 Å². The van der Waals surface area contributed by atoms with Gasteiger partial charge in [-0.05, 0) is 51.0 Å². The molecule has 1 unspecified atom stereocenters. The molecule has 30 heavy (non-hydrogen) atoms. The Morgan fingerprint density at radius 3 is 2.60 bits per heavy atom. The molecule has 3 N–H and O–H groups in total. The van der Waals surface area contributed by atoms with Crippen LogP contribution in [0.5, 0.6) is 5.75 Å². The molecule has 0 radical (unpaired) electrons. The molecule has 0 bridgehead atoms. The second-order valence-corrected chi connectivity index (χ2v) is 8.19. The van der Waals surface area contributed by atoms with E-state index in [0.29, 0.717) is 6.54 Å². The third-order valence-electron chi connectivity index (χ3n) is 4.98. The van der Waals surface area contributed by atoms with E-state index in [-0.39, 0.29) is 17.6 Å². The van der Waals surface area contributed by atoms with E-state index in [1.54, 1.807) is 0 Å². The Labute approximate surface area is 179 Å². The minimum atomic E-state index is -0.237. The summed E-state index contributed by atoms with van der Waals surface area (Å²) in [5.41, 5.74) is 2.92. The van der Waals surface area contributed by atoms with E-state index in [2.05, 4.69) is 42.8 Å². The fourth-order valence-electron chi connectivity index (χ4n) is 3.67. The number of anilines is 1. The normalized spacial score (nSPS) is 17.5. The Kier molecular flexibility index (Phi) is 6.98. The van der Waals surface area contributed by atoms with Crippen molar-refractivity contribution in [3.8, 4) is 5.75 Å². The molecule has 160 valence electrons. The summed E-state index contributed by atoms with van der Waals surface area (Å²) in [7, 11) is 0. The maximum atomic E-state index is 11.1. The van der Waals surface area contributed by atoms with Crippen molar-refractivity contribution >= 4 is 17.6 Å². The van der Waals surface area contributed by atoms with E-state index in [4.69, 9.17) is 9.73 Å². The van der Waals surface area contributed by atoms with E-state index < -0.39 is 0 Å². The first-order valence-corrected chi connectivity index (χ1v) is 10.6. The standard InChI is InChI=1S/C24H32N4O2/c1-5-25-23(26-15-14-18-10-12-19(13-11-18)27-17(2)29)28-21-16-24(3,4)30-22-9-7-6-8-20(21)22/h6-13,21H,5,14-16H2,1-4H3,(H,27,29)(H2,25,26,28). The minimum Gasteiger partial charge on any atom is -0.487 e. The highest BCUT2D eigenvalue weighted by Gasteiger charge is 2.33. The molecule has 6 heteroatoms. The zero-order chi connectivity index (χ0) is 21.6. The summed E-state index contributed by atoms with van der Waals surface area (Å²) in [5.74, 6) is 1.68. The van der Waals surface area contributed by atoms with Crippen molar-refractivity contribution in [3.05, 3.63) is 59.7 Å². The number of hydrogen-bond donors (Lipinski definition) is 3. The molecule has 0 aromatic heterocycles. The molecule has 0 saturated heterocycles. The predicted molar refractivity (Wildman–Crippen MR) is 122 cm³/mol. The van der Waals surface area contributed by atoms with Gasteiger partial charge in [0.1, 0.15) is 11.4 Å². The van der Waals surface area contributed by atoms with E-state index >= 15 is 0 Å². The third kappa shape index (κ3) is 5.99. The number of amides is 1. The van der Waals surface area contributed by atoms with Crippen molar-refractivity contribution in [2.45, 2.75) is 52.2 Å². The molecule has 1 aliphatic heterocycles. The number of hydrogen-bond acceptors (Lipinski definition) is 3. The van der Waals surface area contributed by atoms with Gasteiger partial charge in [0.2, 0.25) is 5.91 Å². The summed E-state index contributed by atoms with van der Waals surface area (Å²) in [5, 5.41) is 9.74. The van der Waals surface area contributed by atoms with Crippen LogP contribution in [-0.2, 0) is 11.2 Å². The molecule has 0 fully saturated rings. The predicted octanol–water partition coefficient (Wildman–Crippen LogP) is 4.05. The van der Waals surface area contributed by atoms with Gasteiger partial charge in [-0.3, -0.25) is 9.79 Å². The highest BCUT2D eigenvalue weighted by Crippen LogP contribution is 2.39. The quantitative estimate of drug-likeness (QED) is 0.498. The van der Waals surface area contributed by atoms with Gasteiger partial charge >= 0.3 is 0 Å². The number of rotatable bonds is 6. The molecule has 0 saturated carbocycles. The van der Waals surface area contributed by atoms with E-state index in [0.717, 1.165) is 42.3 Å². The number of guanidine groups is 1. The number of carbonyl (C=O) groups is 1. The van der Waals surface area contributed by atoms with Gasteiger partial charge in [0, 0.05) is 37.7 Å². The Hall–Kier alpha value is -3.02. The van der Waals surface area contributed by atoms with Crippen LogP contribution < -0.4 is 20.7 Å². The number of nitrogens with one attached hydrogen (secondary N) is 3. The number of carbonyl (C=O) groups excluding carboxylic acids is 1. The van der Waals surface area contributed by atoms with E-state index in [1.807, 2.05) is 42.5 Å². The van der Waals surface area contributed by atoms with Crippen LogP contribution in [0.2, 0.25) is 0 Å². The van der Waals surface area contributed by atoms with Gasteiger partial charge in [0.15, 0.2) is 5.96 Å². The van der Waals surface area contributed by atoms with Gasteiger partial charge in [-0.2, -0.15) is 0 Å². The third-order valence-corrected chi connectivity index (χ3v) is 4.98. The SMILES string of the molecule is CCNC(=NCCc1ccc(NC(C)=O)cc1)NC1CC(C)(C)Oc2ccccc21. The molecular weight excluding hydrogens is 376 g/mol. The number of ether oxygens (including phenoxy) is 1. The number of aliphatic imine (C=N–C) groups is 1. The zero-order valence-corrected chi connectivity index (χ0v) is 18.3. The van der Waals surface area contributed by atoms with Gasteiger partial charge in [-0.25, -0.2) is 0 Å². The average molecular weight is 409 g/mol. The fourth-order valence-corrected chi connectivity index (χ4v) is 3.67. The first-order chi connectivity index (χ1) is 14.4. The highest BCUT2D eigenvalue weighted by atomic mass is 16.5. The van der Waals surface area contributed by atoms with Crippen molar-refractivity contribution in [2.75, 3.05) is 18.4 Å². The molecule has 2 aromatic rings. The van der Waals surface area contributed by atoms with Crippen LogP contribution >= 0.6 is 0 Å². The highest BCUT2D eigenvalue weighted by molar-refractivity contribution is 5.88. The number of para-hydroxylation sites is 1. The van der Waals surface area contributed by atoms with Gasteiger partial charge in [0.05, 0.1) is 6.04 Å². The van der Waals surface area contributed by atoms with Crippen molar-refractivity contribution < 1.29 is 9.53 Å². The van der Waals surface area contributed by atoms with E-state index in [1.165, 1.54) is 12.5 Å². The van der Waals surface area contributed by atoms with Gasteiger partial charge in [-0.15, -0.1) is 0 Å². The summed E-state index contributed by atoms with van der Waals surface area (Å²) < 4.78 is 6.14. The van der Waals surface area contributed by atoms with Crippen molar-refractivity contribution in [3.63, 3.8) is 0 Å². The Morgan fingerprint density at radius 2 is 1.90 bits per heavy atom. The Bertz CT molecular complexity index is 890. The smallest absolute Gasteiger partial charge is 0.221 e. The lowest BCUT2D eigenvalue weighted by atomic mass is 9.90. The number of nitrogens with zero attached hydrogens (tertiary/aromatic N) is 1. The van der Waals surface area contributed by atoms with Crippen LogP contribution in [0.15, 0.2) is 53.5 Å². The van der Waals surface area contributed by atoms with Crippen LogP contribution in [0.4, 0.5) is 5.69 Å². The second-order valence-electron chi connectivity index (χ2n) is 8.19. The molecule has 0 spiro atoms. The minimum absolute atomic E-state index is 0.0634. The maximum Gasteiger partial charge on any atom is 0.221 e. The van der Waals surface area contributed by atoms with Gasteiger partial charge < -0.3 is 20.7 Å². The van der Waals surface area contributed by atoms with Crippen molar-refractivity contribution in [1.82, 2.24) is 10.6 Å². The molecule has 2 aromatic carbocycles. The Balaban J connectivity index is 1.65. The first kappa shape index (κ1) is 21.7. The molecule has 0 aliphatic carbocycles. The van der Waals surface area contributed by atoms with Crippen LogP contribution in [0.3, 0.4) is 0 Å². The summed E-state index contributed by atoms with van der Waals surface area (Å²) in [6, 6.07) is 16.2. The average Bonchev–Trinajstić information content (AvgIpc) is 2.68. The first-order valence-electron chi connectivity index (χ1n) is 10.6. The van der Waals surface area contributed by atoms with Crippen LogP contribution in [0.1, 0.15) is 51.3 Å².